The minimum Gasteiger partial charge on any atom is -0.391 e. The molecule has 1 aliphatic rings. The molecule has 0 spiro atoms. The van der Waals surface area contributed by atoms with Crippen LogP contribution in [0.25, 0.3) is 0 Å². The van der Waals surface area contributed by atoms with Gasteiger partial charge in [-0.1, -0.05) is 29.8 Å². The molecule has 130 valence electrons. The summed E-state index contributed by atoms with van der Waals surface area (Å²) in [6.45, 7) is 10.3. The van der Waals surface area contributed by atoms with Crippen LogP contribution in [0.15, 0.2) is 24.3 Å². The van der Waals surface area contributed by atoms with Crippen molar-refractivity contribution in [2.75, 3.05) is 19.6 Å². The van der Waals surface area contributed by atoms with Gasteiger partial charge in [0.25, 0.3) is 0 Å². The molecule has 2 heterocycles. The van der Waals surface area contributed by atoms with Crippen molar-refractivity contribution in [1.82, 2.24) is 20.4 Å². The third kappa shape index (κ3) is 3.86. The molecule has 2 unspecified atom stereocenters. The van der Waals surface area contributed by atoms with Gasteiger partial charge in [-0.3, -0.25) is 4.68 Å². The third-order valence-electron chi connectivity index (χ3n) is 5.00. The number of aryl methyl sites for hydroxylation is 2. The summed E-state index contributed by atoms with van der Waals surface area (Å²) in [6.07, 6.45) is -0.232. The summed E-state index contributed by atoms with van der Waals surface area (Å²) >= 11 is 0. The second kappa shape index (κ2) is 7.47. The summed E-state index contributed by atoms with van der Waals surface area (Å²) in [5.74, 6) is 0.299. The molecule has 0 amide bonds. The minimum atomic E-state index is -0.232. The second-order valence-corrected chi connectivity index (χ2v) is 6.91. The van der Waals surface area contributed by atoms with E-state index < -0.39 is 0 Å². The molecule has 2 atom stereocenters. The van der Waals surface area contributed by atoms with Crippen LogP contribution >= 0.6 is 0 Å². The Bertz CT molecular complexity index is 677. The summed E-state index contributed by atoms with van der Waals surface area (Å²) in [5, 5.41) is 21.3. The van der Waals surface area contributed by atoms with Crippen LogP contribution in [-0.4, -0.2) is 40.6 Å². The van der Waals surface area contributed by atoms with E-state index in [0.717, 1.165) is 31.9 Å². The van der Waals surface area contributed by atoms with Gasteiger partial charge in [-0.05, 0) is 26.3 Å². The molecule has 0 saturated carbocycles. The fourth-order valence-electron chi connectivity index (χ4n) is 3.32. The van der Waals surface area contributed by atoms with Crippen LogP contribution in [0.2, 0.25) is 0 Å². The highest BCUT2D eigenvalue weighted by atomic mass is 16.3. The molecule has 3 rings (SSSR count). The molecule has 24 heavy (non-hydrogen) atoms. The van der Waals surface area contributed by atoms with Gasteiger partial charge in [0.1, 0.15) is 0 Å². The Morgan fingerprint density at radius 2 is 1.96 bits per heavy atom. The number of hydrogen-bond acceptors (Lipinski definition) is 4. The lowest BCUT2D eigenvalue weighted by molar-refractivity contribution is 0.146. The number of aliphatic hydroxyl groups excluding tert-OH is 1. The van der Waals surface area contributed by atoms with Crippen molar-refractivity contribution in [3.63, 3.8) is 0 Å². The first kappa shape index (κ1) is 17.1. The van der Waals surface area contributed by atoms with Gasteiger partial charge in [0.05, 0.1) is 18.3 Å². The number of rotatable bonds is 6. The lowest BCUT2D eigenvalue weighted by Crippen LogP contribution is -2.30. The Morgan fingerprint density at radius 3 is 2.62 bits per heavy atom. The maximum absolute atomic E-state index is 9.86. The smallest absolute Gasteiger partial charge is 0.0716 e. The van der Waals surface area contributed by atoms with Crippen LogP contribution in [-0.2, 0) is 13.1 Å². The maximum atomic E-state index is 9.86. The molecule has 5 nitrogen and oxygen atoms in total. The first-order chi connectivity index (χ1) is 11.5. The summed E-state index contributed by atoms with van der Waals surface area (Å²) in [5.41, 5.74) is 6.11. The molecule has 3 N–H and O–H groups in total. The van der Waals surface area contributed by atoms with Crippen LogP contribution in [0.1, 0.15) is 28.1 Å². The van der Waals surface area contributed by atoms with E-state index in [1.807, 2.05) is 0 Å². The van der Waals surface area contributed by atoms with E-state index in [1.54, 1.807) is 0 Å². The monoisotopic (exact) mass is 328 g/mol. The molecule has 2 aromatic rings. The van der Waals surface area contributed by atoms with Gasteiger partial charge in [-0.25, -0.2) is 0 Å². The third-order valence-corrected chi connectivity index (χ3v) is 5.00. The van der Waals surface area contributed by atoms with Crippen LogP contribution < -0.4 is 10.6 Å². The topological polar surface area (TPSA) is 62.1 Å². The SMILES string of the molecule is Cc1ccc(Cn2nc(C)c(CNCC3CNCC3O)c2C)cc1. The van der Waals surface area contributed by atoms with Gasteiger partial charge in [-0.15, -0.1) is 0 Å². The van der Waals surface area contributed by atoms with Crippen molar-refractivity contribution in [1.29, 1.82) is 0 Å². The molecule has 1 fully saturated rings. The molecule has 1 aliphatic heterocycles. The van der Waals surface area contributed by atoms with Crippen molar-refractivity contribution in [3.05, 3.63) is 52.3 Å². The first-order valence-corrected chi connectivity index (χ1v) is 8.72. The highest BCUT2D eigenvalue weighted by molar-refractivity contribution is 5.27. The number of aromatic nitrogens is 2. The molecule has 1 aromatic heterocycles. The minimum absolute atomic E-state index is 0.232. The lowest BCUT2D eigenvalue weighted by atomic mass is 10.1. The number of nitrogens with one attached hydrogen (secondary N) is 2. The Morgan fingerprint density at radius 1 is 1.21 bits per heavy atom. The highest BCUT2D eigenvalue weighted by Crippen LogP contribution is 2.16. The Labute approximate surface area is 144 Å². The number of hydrogen-bond donors (Lipinski definition) is 3. The van der Waals surface area contributed by atoms with E-state index in [9.17, 15) is 5.11 Å². The Kier molecular flexibility index (Phi) is 5.33. The Hall–Kier alpha value is -1.69. The predicted octanol–water partition coefficient (Wildman–Crippen LogP) is 1.53. The van der Waals surface area contributed by atoms with Gasteiger partial charge < -0.3 is 15.7 Å². The van der Waals surface area contributed by atoms with Gasteiger partial charge in [0.15, 0.2) is 0 Å². The quantitative estimate of drug-likeness (QED) is 0.752. The normalized spacial score (nSPS) is 20.7. The molecular formula is C19H28N4O. The van der Waals surface area contributed by atoms with E-state index in [0.29, 0.717) is 12.5 Å². The zero-order valence-corrected chi connectivity index (χ0v) is 14.8. The first-order valence-electron chi connectivity index (χ1n) is 8.72. The van der Waals surface area contributed by atoms with E-state index >= 15 is 0 Å². The van der Waals surface area contributed by atoms with Crippen molar-refractivity contribution < 1.29 is 5.11 Å². The molecule has 5 heteroatoms. The lowest BCUT2D eigenvalue weighted by Gasteiger charge is -2.14. The summed E-state index contributed by atoms with van der Waals surface area (Å²) < 4.78 is 2.09. The van der Waals surface area contributed by atoms with E-state index in [1.165, 1.54) is 22.4 Å². The number of aliphatic hydroxyl groups is 1. The van der Waals surface area contributed by atoms with Gasteiger partial charge in [0, 0.05) is 43.4 Å². The van der Waals surface area contributed by atoms with Crippen molar-refractivity contribution in [2.45, 2.75) is 40.0 Å². The largest absolute Gasteiger partial charge is 0.391 e. The van der Waals surface area contributed by atoms with Crippen LogP contribution in [0.4, 0.5) is 0 Å². The van der Waals surface area contributed by atoms with Gasteiger partial charge in [0.2, 0.25) is 0 Å². The standard InChI is InChI=1S/C19H28N4O/c1-13-4-6-16(7-5-13)12-23-15(3)18(14(2)22-23)10-20-8-17-9-21-11-19(17)24/h4-7,17,19-21,24H,8-12H2,1-3H3. The van der Waals surface area contributed by atoms with Crippen LogP contribution in [0, 0.1) is 26.7 Å². The van der Waals surface area contributed by atoms with Gasteiger partial charge >= 0.3 is 0 Å². The Balaban J connectivity index is 1.62. The molecule has 0 aliphatic carbocycles. The summed E-state index contributed by atoms with van der Waals surface area (Å²) in [4.78, 5) is 0. The molecule has 0 radical (unpaired) electrons. The highest BCUT2D eigenvalue weighted by Gasteiger charge is 2.24. The predicted molar refractivity (Wildman–Crippen MR) is 96.1 cm³/mol. The zero-order chi connectivity index (χ0) is 17.1. The fourth-order valence-corrected chi connectivity index (χ4v) is 3.32. The molecule has 1 saturated heterocycles. The van der Waals surface area contributed by atoms with Crippen LogP contribution in [0.3, 0.4) is 0 Å². The van der Waals surface area contributed by atoms with Crippen LogP contribution in [0.5, 0.6) is 0 Å². The second-order valence-electron chi connectivity index (χ2n) is 6.91. The molecular weight excluding hydrogens is 300 g/mol. The zero-order valence-electron chi connectivity index (χ0n) is 14.8. The van der Waals surface area contributed by atoms with E-state index in [-0.39, 0.29) is 6.10 Å². The van der Waals surface area contributed by atoms with Crippen molar-refractivity contribution in [2.24, 2.45) is 5.92 Å². The molecule has 1 aromatic carbocycles. The summed E-state index contributed by atoms with van der Waals surface area (Å²) in [7, 11) is 0. The maximum Gasteiger partial charge on any atom is 0.0716 e. The summed E-state index contributed by atoms with van der Waals surface area (Å²) in [6, 6.07) is 8.62. The average molecular weight is 328 g/mol. The van der Waals surface area contributed by atoms with Gasteiger partial charge in [-0.2, -0.15) is 5.10 Å². The fraction of sp³-hybridized carbons (Fsp3) is 0.526. The number of benzene rings is 1. The van der Waals surface area contributed by atoms with Crippen molar-refractivity contribution in [3.8, 4) is 0 Å². The van der Waals surface area contributed by atoms with E-state index in [4.69, 9.17) is 5.10 Å². The average Bonchev–Trinajstić information content (AvgIpc) is 3.08. The molecule has 0 bridgehead atoms. The number of β-amino-alcohol motifs (C(OH)–C–C–N with tert-alkyl or cyclic N) is 1. The van der Waals surface area contributed by atoms with Crippen molar-refractivity contribution >= 4 is 0 Å². The van der Waals surface area contributed by atoms with E-state index in [2.05, 4.69) is 60.4 Å². The number of nitrogens with zero attached hydrogens (tertiary/aromatic N) is 2.